The van der Waals surface area contributed by atoms with E-state index in [9.17, 15) is 13.2 Å². The highest BCUT2D eigenvalue weighted by atomic mass is 32.2. The molecule has 2 aromatic rings. The molecular weight excluding hydrogens is 374 g/mol. The highest BCUT2D eigenvalue weighted by Gasteiger charge is 2.25. The number of hydrogen-bond donors (Lipinski definition) is 2. The molecule has 1 aliphatic rings. The van der Waals surface area contributed by atoms with Crippen LogP contribution in [0.15, 0.2) is 59.5 Å². The van der Waals surface area contributed by atoms with Gasteiger partial charge in [0.1, 0.15) is 0 Å². The van der Waals surface area contributed by atoms with E-state index >= 15 is 0 Å². The van der Waals surface area contributed by atoms with Gasteiger partial charge in [0.15, 0.2) is 0 Å². The van der Waals surface area contributed by atoms with Crippen LogP contribution in [-0.4, -0.2) is 44.9 Å². The molecule has 1 heterocycles. The summed E-state index contributed by atoms with van der Waals surface area (Å²) in [7, 11) is -3.49. The molecule has 1 amide bonds. The minimum Gasteiger partial charge on any atom is -0.351 e. The van der Waals surface area contributed by atoms with Crippen LogP contribution in [0, 0.1) is 6.92 Å². The third-order valence-corrected chi connectivity index (χ3v) is 6.48. The number of amides is 1. The number of carbonyl (C=O) groups excluding carboxylic acids is 1. The summed E-state index contributed by atoms with van der Waals surface area (Å²) < 4.78 is 27.6. The first-order valence-electron chi connectivity index (χ1n) is 9.54. The standard InChI is InChI=1S/C21H27N3O3S/c1-17-7-9-18(10-8-17)15-22-21(25)16-24-13-11-19(12-14-24)23-28(26,27)20-5-3-2-4-6-20/h2-10,19,23H,11-16H2,1H3,(H,22,25). The first-order valence-corrected chi connectivity index (χ1v) is 11.0. The molecule has 0 saturated carbocycles. The molecule has 0 bridgehead atoms. The van der Waals surface area contributed by atoms with Crippen LogP contribution in [0.4, 0.5) is 0 Å². The second kappa shape index (κ2) is 9.32. The Morgan fingerprint density at radius 1 is 1.04 bits per heavy atom. The predicted octanol–water partition coefficient (Wildman–Crippen LogP) is 2.05. The van der Waals surface area contributed by atoms with E-state index in [0.717, 1.165) is 5.56 Å². The number of rotatable bonds is 7. The Morgan fingerprint density at radius 2 is 1.68 bits per heavy atom. The van der Waals surface area contributed by atoms with Gasteiger partial charge in [0.2, 0.25) is 15.9 Å². The average molecular weight is 402 g/mol. The smallest absolute Gasteiger partial charge is 0.240 e. The monoisotopic (exact) mass is 401 g/mol. The summed E-state index contributed by atoms with van der Waals surface area (Å²) in [5.41, 5.74) is 2.27. The number of nitrogens with one attached hydrogen (secondary N) is 2. The van der Waals surface area contributed by atoms with Gasteiger partial charge in [-0.15, -0.1) is 0 Å². The maximum absolute atomic E-state index is 12.4. The largest absolute Gasteiger partial charge is 0.351 e. The Labute approximate surface area is 167 Å². The van der Waals surface area contributed by atoms with Crippen molar-refractivity contribution in [1.29, 1.82) is 0 Å². The minimum atomic E-state index is -3.49. The number of aryl methyl sites for hydroxylation is 1. The molecule has 0 atom stereocenters. The third kappa shape index (κ3) is 5.89. The van der Waals surface area contributed by atoms with Crippen LogP contribution in [0.3, 0.4) is 0 Å². The van der Waals surface area contributed by atoms with Gasteiger partial charge in [-0.25, -0.2) is 13.1 Å². The number of sulfonamides is 1. The molecule has 28 heavy (non-hydrogen) atoms. The van der Waals surface area contributed by atoms with Crippen LogP contribution < -0.4 is 10.0 Å². The molecule has 0 radical (unpaired) electrons. The highest BCUT2D eigenvalue weighted by molar-refractivity contribution is 7.89. The molecule has 3 rings (SSSR count). The van der Waals surface area contributed by atoms with E-state index in [-0.39, 0.29) is 16.8 Å². The number of carbonyl (C=O) groups is 1. The Kier molecular flexibility index (Phi) is 6.83. The van der Waals surface area contributed by atoms with Gasteiger partial charge in [-0.05, 0) is 37.5 Å². The summed E-state index contributed by atoms with van der Waals surface area (Å²) in [6.45, 7) is 4.28. The molecule has 150 valence electrons. The van der Waals surface area contributed by atoms with Crippen molar-refractivity contribution in [3.63, 3.8) is 0 Å². The van der Waals surface area contributed by atoms with E-state index in [1.807, 2.05) is 31.2 Å². The second-order valence-electron chi connectivity index (χ2n) is 7.25. The molecule has 2 aromatic carbocycles. The van der Waals surface area contributed by atoms with Crippen molar-refractivity contribution in [2.24, 2.45) is 0 Å². The van der Waals surface area contributed by atoms with Crippen molar-refractivity contribution in [3.8, 4) is 0 Å². The van der Waals surface area contributed by atoms with Gasteiger partial charge in [0, 0.05) is 25.7 Å². The molecule has 1 saturated heterocycles. The molecule has 0 unspecified atom stereocenters. The first-order chi connectivity index (χ1) is 13.4. The normalized spacial score (nSPS) is 16.0. The Hall–Kier alpha value is -2.22. The summed E-state index contributed by atoms with van der Waals surface area (Å²) in [5.74, 6) is -0.0103. The SMILES string of the molecule is Cc1ccc(CNC(=O)CN2CCC(NS(=O)(=O)c3ccccc3)CC2)cc1. The average Bonchev–Trinajstić information content (AvgIpc) is 2.69. The van der Waals surface area contributed by atoms with E-state index < -0.39 is 10.0 Å². The second-order valence-corrected chi connectivity index (χ2v) is 8.96. The molecule has 7 heteroatoms. The molecule has 2 N–H and O–H groups in total. The summed E-state index contributed by atoms with van der Waals surface area (Å²) in [6.07, 6.45) is 1.38. The zero-order chi connectivity index (χ0) is 20.0. The molecule has 1 fully saturated rings. The van der Waals surface area contributed by atoms with Crippen LogP contribution in [0.2, 0.25) is 0 Å². The zero-order valence-corrected chi connectivity index (χ0v) is 16.9. The number of piperidine rings is 1. The van der Waals surface area contributed by atoms with Crippen molar-refractivity contribution in [3.05, 3.63) is 65.7 Å². The van der Waals surface area contributed by atoms with Crippen LogP contribution in [0.5, 0.6) is 0 Å². The topological polar surface area (TPSA) is 78.5 Å². The van der Waals surface area contributed by atoms with Gasteiger partial charge in [0.25, 0.3) is 0 Å². The zero-order valence-electron chi connectivity index (χ0n) is 16.1. The number of nitrogens with zero attached hydrogens (tertiary/aromatic N) is 1. The third-order valence-electron chi connectivity index (χ3n) is 4.94. The van der Waals surface area contributed by atoms with Crippen molar-refractivity contribution < 1.29 is 13.2 Å². The fraction of sp³-hybridized carbons (Fsp3) is 0.381. The highest BCUT2D eigenvalue weighted by Crippen LogP contribution is 2.14. The van der Waals surface area contributed by atoms with Crippen molar-refractivity contribution in [2.45, 2.75) is 37.2 Å². The molecular formula is C21H27N3O3S. The van der Waals surface area contributed by atoms with Crippen LogP contribution in [0.1, 0.15) is 24.0 Å². The fourth-order valence-corrected chi connectivity index (χ4v) is 4.59. The number of hydrogen-bond acceptors (Lipinski definition) is 4. The van der Waals surface area contributed by atoms with Crippen LogP contribution >= 0.6 is 0 Å². The van der Waals surface area contributed by atoms with Crippen molar-refractivity contribution >= 4 is 15.9 Å². The van der Waals surface area contributed by atoms with Crippen molar-refractivity contribution in [1.82, 2.24) is 14.9 Å². The first kappa shape index (κ1) is 20.5. The van der Waals surface area contributed by atoms with E-state index in [1.165, 1.54) is 5.56 Å². The van der Waals surface area contributed by atoms with Crippen LogP contribution in [-0.2, 0) is 21.4 Å². The van der Waals surface area contributed by atoms with Gasteiger partial charge < -0.3 is 5.32 Å². The lowest BCUT2D eigenvalue weighted by atomic mass is 10.1. The lowest BCUT2D eigenvalue weighted by molar-refractivity contribution is -0.122. The molecule has 6 nitrogen and oxygen atoms in total. The summed E-state index contributed by atoms with van der Waals surface area (Å²) >= 11 is 0. The number of benzene rings is 2. The van der Waals surface area contributed by atoms with Gasteiger partial charge in [0.05, 0.1) is 11.4 Å². The van der Waals surface area contributed by atoms with E-state index in [2.05, 4.69) is 14.9 Å². The Bertz CT molecular complexity index is 875. The van der Waals surface area contributed by atoms with Crippen molar-refractivity contribution in [2.75, 3.05) is 19.6 Å². The Morgan fingerprint density at radius 3 is 2.32 bits per heavy atom. The lowest BCUT2D eigenvalue weighted by Crippen LogP contribution is -2.47. The summed E-state index contributed by atoms with van der Waals surface area (Å²) in [6, 6.07) is 16.4. The van der Waals surface area contributed by atoms with E-state index in [4.69, 9.17) is 0 Å². The maximum Gasteiger partial charge on any atom is 0.240 e. The van der Waals surface area contributed by atoms with Gasteiger partial charge in [-0.2, -0.15) is 0 Å². The Balaban J connectivity index is 1.41. The van der Waals surface area contributed by atoms with E-state index in [1.54, 1.807) is 30.3 Å². The van der Waals surface area contributed by atoms with Gasteiger partial charge in [-0.1, -0.05) is 48.0 Å². The minimum absolute atomic E-state index is 0.0103. The molecule has 0 aromatic heterocycles. The van der Waals surface area contributed by atoms with Gasteiger partial charge >= 0.3 is 0 Å². The predicted molar refractivity (Wildman–Crippen MR) is 109 cm³/mol. The quantitative estimate of drug-likeness (QED) is 0.744. The van der Waals surface area contributed by atoms with E-state index in [0.29, 0.717) is 39.0 Å². The molecule has 0 aliphatic carbocycles. The number of likely N-dealkylation sites (tertiary alicyclic amines) is 1. The summed E-state index contributed by atoms with van der Waals surface area (Å²) in [4.78, 5) is 14.5. The van der Waals surface area contributed by atoms with Crippen LogP contribution in [0.25, 0.3) is 0 Å². The summed E-state index contributed by atoms with van der Waals surface area (Å²) in [5, 5.41) is 2.94. The molecule has 1 aliphatic heterocycles. The lowest BCUT2D eigenvalue weighted by Gasteiger charge is -2.31. The molecule has 0 spiro atoms. The fourth-order valence-electron chi connectivity index (χ4n) is 3.26. The maximum atomic E-state index is 12.4. The van der Waals surface area contributed by atoms with Gasteiger partial charge in [-0.3, -0.25) is 9.69 Å².